The zero-order valence-corrected chi connectivity index (χ0v) is 9.61. The second-order valence-electron chi connectivity index (χ2n) is 4.57. The minimum Gasteiger partial charge on any atom is -0.270 e. The number of unbranched alkanes of at least 4 members (excludes halogenated alkanes) is 1. The molecule has 5 nitrogen and oxygen atoms in total. The van der Waals surface area contributed by atoms with E-state index in [9.17, 15) is 9.70 Å². The Labute approximate surface area is 94.9 Å². The third kappa shape index (κ3) is 1.54. The van der Waals surface area contributed by atoms with Crippen LogP contribution in [0.3, 0.4) is 0 Å². The molecule has 2 aliphatic rings. The van der Waals surface area contributed by atoms with Crippen molar-refractivity contribution >= 4 is 11.7 Å². The summed E-state index contributed by atoms with van der Waals surface area (Å²) in [7, 11) is 0. The van der Waals surface area contributed by atoms with Crippen LogP contribution in [0.15, 0.2) is 10.3 Å². The zero-order chi connectivity index (χ0) is 11.6. The second-order valence-corrected chi connectivity index (χ2v) is 4.57. The van der Waals surface area contributed by atoms with Crippen molar-refractivity contribution in [3.8, 4) is 0 Å². The fourth-order valence-corrected chi connectivity index (χ4v) is 2.61. The Hall–Kier alpha value is -1.26. The average Bonchev–Trinajstić information content (AvgIpc) is 2.85. The first kappa shape index (κ1) is 11.2. The molecule has 1 heterocycles. The van der Waals surface area contributed by atoms with Gasteiger partial charge in [0, 0.05) is 6.42 Å². The van der Waals surface area contributed by atoms with Gasteiger partial charge in [-0.3, -0.25) is 4.79 Å². The summed E-state index contributed by atoms with van der Waals surface area (Å²) >= 11 is 0. The van der Waals surface area contributed by atoms with Crippen LogP contribution in [-0.2, 0) is 4.79 Å². The predicted molar refractivity (Wildman–Crippen MR) is 60.8 cm³/mol. The Kier molecular flexibility index (Phi) is 3.03. The van der Waals surface area contributed by atoms with Gasteiger partial charge in [-0.2, -0.15) is 10.0 Å². The van der Waals surface area contributed by atoms with Crippen LogP contribution < -0.4 is 0 Å². The number of aliphatic imine (C=N–C) groups is 1. The molecule has 1 spiro atoms. The molecule has 1 saturated carbocycles. The van der Waals surface area contributed by atoms with Gasteiger partial charge in [0.05, 0.1) is 5.29 Å². The summed E-state index contributed by atoms with van der Waals surface area (Å²) in [4.78, 5) is 26.9. The Morgan fingerprint density at radius 3 is 2.69 bits per heavy atom. The molecule has 0 unspecified atom stereocenters. The maximum absolute atomic E-state index is 11.9. The Bertz CT molecular complexity index is 332. The van der Waals surface area contributed by atoms with E-state index in [1.165, 1.54) is 5.01 Å². The van der Waals surface area contributed by atoms with Crippen LogP contribution in [0.2, 0.25) is 0 Å². The van der Waals surface area contributed by atoms with Crippen molar-refractivity contribution in [2.75, 3.05) is 0 Å². The van der Waals surface area contributed by atoms with Gasteiger partial charge >= 0.3 is 0 Å². The largest absolute Gasteiger partial charge is 0.275 e. The van der Waals surface area contributed by atoms with E-state index >= 15 is 0 Å². The SMILES string of the molecule is CCCCC1=NC(=O)C2(CCCC2)N1N=O. The number of hydrogen-bond acceptors (Lipinski definition) is 3. The lowest BCUT2D eigenvalue weighted by Crippen LogP contribution is -2.46. The van der Waals surface area contributed by atoms with E-state index in [1.54, 1.807) is 0 Å². The maximum Gasteiger partial charge on any atom is 0.275 e. The molecule has 1 aliphatic carbocycles. The minimum atomic E-state index is -0.704. The number of rotatable bonds is 4. The highest BCUT2D eigenvalue weighted by atomic mass is 16.3. The molecule has 1 fully saturated rings. The number of amidine groups is 1. The topological polar surface area (TPSA) is 62.1 Å². The van der Waals surface area contributed by atoms with Crippen molar-refractivity contribution in [1.29, 1.82) is 0 Å². The maximum atomic E-state index is 11.9. The first-order chi connectivity index (χ1) is 7.74. The van der Waals surface area contributed by atoms with Crippen LogP contribution in [0.25, 0.3) is 0 Å². The average molecular weight is 223 g/mol. The van der Waals surface area contributed by atoms with Crippen molar-refractivity contribution < 1.29 is 4.79 Å². The standard InChI is InChI=1S/C11H17N3O2/c1-2-3-6-9-12-10(15)11(14(9)13-16)7-4-5-8-11/h2-8H2,1H3. The number of hydrogen-bond donors (Lipinski definition) is 0. The fraction of sp³-hybridized carbons (Fsp3) is 0.818. The molecule has 0 saturated heterocycles. The molecule has 0 aromatic rings. The van der Waals surface area contributed by atoms with Crippen LogP contribution in [0.5, 0.6) is 0 Å². The summed E-state index contributed by atoms with van der Waals surface area (Å²) in [5.74, 6) is 0.416. The van der Waals surface area contributed by atoms with Gasteiger partial charge in [-0.05, 0) is 19.3 Å². The summed E-state index contributed by atoms with van der Waals surface area (Å²) in [6.45, 7) is 2.07. The number of nitroso groups, excluding NO2 is 1. The lowest BCUT2D eigenvalue weighted by molar-refractivity contribution is -0.125. The van der Waals surface area contributed by atoms with Crippen LogP contribution in [0.4, 0.5) is 0 Å². The van der Waals surface area contributed by atoms with E-state index in [2.05, 4.69) is 17.2 Å². The van der Waals surface area contributed by atoms with E-state index in [0.717, 1.165) is 38.5 Å². The van der Waals surface area contributed by atoms with Gasteiger partial charge in [-0.1, -0.05) is 26.2 Å². The molecular weight excluding hydrogens is 206 g/mol. The van der Waals surface area contributed by atoms with Crippen molar-refractivity contribution in [2.45, 2.75) is 57.4 Å². The molecule has 16 heavy (non-hydrogen) atoms. The van der Waals surface area contributed by atoms with Crippen molar-refractivity contribution in [3.63, 3.8) is 0 Å². The number of carbonyl (C=O) groups excluding carboxylic acids is 1. The van der Waals surface area contributed by atoms with Crippen LogP contribution in [0, 0.1) is 4.91 Å². The molecule has 1 amide bonds. The van der Waals surface area contributed by atoms with E-state index in [0.29, 0.717) is 12.3 Å². The summed E-state index contributed by atoms with van der Waals surface area (Å²) in [6, 6.07) is 0. The lowest BCUT2D eigenvalue weighted by Gasteiger charge is -2.27. The summed E-state index contributed by atoms with van der Waals surface area (Å²) in [6.07, 6.45) is 6.03. The molecular formula is C11H17N3O2. The zero-order valence-electron chi connectivity index (χ0n) is 9.61. The van der Waals surface area contributed by atoms with Crippen molar-refractivity contribution in [3.05, 3.63) is 4.91 Å². The highest BCUT2D eigenvalue weighted by Gasteiger charge is 2.52. The van der Waals surface area contributed by atoms with E-state index in [4.69, 9.17) is 0 Å². The molecule has 0 radical (unpaired) electrons. The van der Waals surface area contributed by atoms with E-state index in [1.807, 2.05) is 0 Å². The third-order valence-corrected chi connectivity index (χ3v) is 3.54. The summed E-state index contributed by atoms with van der Waals surface area (Å²) in [5, 5.41) is 4.40. The quantitative estimate of drug-likeness (QED) is 0.687. The van der Waals surface area contributed by atoms with E-state index in [-0.39, 0.29) is 5.91 Å². The number of nitrogens with zero attached hydrogens (tertiary/aromatic N) is 3. The van der Waals surface area contributed by atoms with Gasteiger partial charge in [0.1, 0.15) is 11.4 Å². The molecule has 1 aliphatic heterocycles. The van der Waals surface area contributed by atoms with Crippen LogP contribution in [0.1, 0.15) is 51.9 Å². The van der Waals surface area contributed by atoms with Gasteiger partial charge in [0.15, 0.2) is 0 Å². The first-order valence-corrected chi connectivity index (χ1v) is 6.00. The molecule has 0 atom stereocenters. The third-order valence-electron chi connectivity index (χ3n) is 3.54. The van der Waals surface area contributed by atoms with Gasteiger partial charge < -0.3 is 0 Å². The van der Waals surface area contributed by atoms with Crippen molar-refractivity contribution in [1.82, 2.24) is 5.01 Å². The Morgan fingerprint density at radius 1 is 1.44 bits per heavy atom. The lowest BCUT2D eigenvalue weighted by atomic mass is 9.97. The van der Waals surface area contributed by atoms with Crippen molar-refractivity contribution in [2.24, 2.45) is 10.3 Å². The molecule has 0 aromatic carbocycles. The molecule has 0 N–H and O–H groups in total. The van der Waals surface area contributed by atoms with Gasteiger partial charge in [-0.25, -0.2) is 0 Å². The van der Waals surface area contributed by atoms with Crippen LogP contribution >= 0.6 is 0 Å². The normalized spacial score (nSPS) is 22.9. The second kappa shape index (κ2) is 4.31. The highest BCUT2D eigenvalue weighted by molar-refractivity contribution is 6.06. The number of amides is 1. The molecule has 2 rings (SSSR count). The Morgan fingerprint density at radius 2 is 2.12 bits per heavy atom. The fourth-order valence-electron chi connectivity index (χ4n) is 2.61. The Balaban J connectivity index is 2.19. The summed E-state index contributed by atoms with van der Waals surface area (Å²) < 4.78 is 0. The van der Waals surface area contributed by atoms with Crippen LogP contribution in [-0.4, -0.2) is 22.3 Å². The molecule has 5 heteroatoms. The van der Waals surface area contributed by atoms with Gasteiger partial charge in [0.25, 0.3) is 5.91 Å². The van der Waals surface area contributed by atoms with E-state index < -0.39 is 5.54 Å². The van der Waals surface area contributed by atoms with Gasteiger partial charge in [-0.15, -0.1) is 4.91 Å². The monoisotopic (exact) mass is 223 g/mol. The molecule has 88 valence electrons. The smallest absolute Gasteiger partial charge is 0.270 e. The predicted octanol–water partition coefficient (Wildman–Crippen LogP) is 2.41. The summed E-state index contributed by atoms with van der Waals surface area (Å²) in [5.41, 5.74) is -0.704. The molecule has 0 aromatic heterocycles. The van der Waals surface area contributed by atoms with Gasteiger partial charge in [0.2, 0.25) is 0 Å². The molecule has 0 bridgehead atoms. The minimum absolute atomic E-state index is 0.157. The number of carbonyl (C=O) groups is 1. The highest BCUT2D eigenvalue weighted by Crippen LogP contribution is 2.40. The first-order valence-electron chi connectivity index (χ1n) is 6.00.